The van der Waals surface area contributed by atoms with Crippen molar-refractivity contribution in [3.63, 3.8) is 0 Å². The van der Waals surface area contributed by atoms with E-state index in [0.29, 0.717) is 0 Å². The Bertz CT molecular complexity index is 7260. The molecule has 4 heterocycles. The van der Waals surface area contributed by atoms with Crippen LogP contribution in [0.15, 0.2) is 441 Å². The van der Waals surface area contributed by atoms with Gasteiger partial charge in [0, 0.05) is 140 Å². The molecule has 0 radical (unpaired) electrons. The highest BCUT2D eigenvalue weighted by Crippen LogP contribution is 2.49. The summed E-state index contributed by atoms with van der Waals surface area (Å²) in [6.45, 7) is 0. The van der Waals surface area contributed by atoms with Gasteiger partial charge in [0.25, 0.3) is 0 Å². The molecule has 0 bridgehead atoms. The smallest absolute Gasteiger partial charge is 0.135 e. The first kappa shape index (κ1) is 69.6. The molecule has 0 N–H and O–H groups in total. The summed E-state index contributed by atoms with van der Waals surface area (Å²) in [6, 6.07) is 158. The zero-order chi connectivity index (χ0) is 76.8. The van der Waals surface area contributed by atoms with Gasteiger partial charge in [-0.3, -0.25) is 0 Å². The molecule has 0 fully saturated rings. The topological polar surface area (TPSA) is 26.1 Å². The van der Waals surface area contributed by atoms with Gasteiger partial charge in [-0.1, -0.05) is 231 Å². The second-order valence-corrected chi connectivity index (χ2v) is 32.4. The molecule has 0 aliphatic rings. The molecule has 0 aliphatic heterocycles. The van der Waals surface area contributed by atoms with Crippen LogP contribution in [0.2, 0.25) is 0 Å². The summed E-state index contributed by atoms with van der Waals surface area (Å²) in [5, 5.41) is 9.88. The molecule has 548 valence electrons. The number of hydrogen-bond acceptors (Lipinski definition) is 8. The Balaban J connectivity index is 0.000000145. The van der Waals surface area contributed by atoms with Crippen molar-refractivity contribution in [1.29, 1.82) is 0 Å². The molecule has 0 saturated carbocycles. The van der Waals surface area contributed by atoms with Crippen molar-refractivity contribution in [3.05, 3.63) is 437 Å². The maximum atomic E-state index is 6.25. The maximum Gasteiger partial charge on any atom is 0.135 e. The molecule has 22 rings (SSSR count). The van der Waals surface area contributed by atoms with Crippen LogP contribution in [0, 0.1) is 0 Å². The van der Waals surface area contributed by atoms with E-state index < -0.39 is 0 Å². The van der Waals surface area contributed by atoms with Crippen LogP contribution in [-0.4, -0.2) is 0 Å². The summed E-state index contributed by atoms with van der Waals surface area (Å²) in [5.74, 6) is 0. The second-order valence-electron chi connectivity index (χ2n) is 29.2. The lowest BCUT2D eigenvalue weighted by atomic mass is 9.96. The SMILES string of the molecule is c1ccc(-c2cc(-c3ccc4c(c3)sc3ccc(N(c5ccccc5)c5ccc6sc7ccccc7c6c5)cc34)cc(N(c3ccccc3)c3ccccc3)c2)cc1.c1ccc(-c2cc(-c3ccc4c(c3)sc3ccc(N(c5ccccc5)c5ccccc5)cc34)cc(N(c3ccccc3)c3ccc4oc5ccccc5c4c3)c2)cc1. The summed E-state index contributed by atoms with van der Waals surface area (Å²) in [5.41, 5.74) is 24.6. The minimum atomic E-state index is 0.883. The van der Waals surface area contributed by atoms with Crippen molar-refractivity contribution in [1.82, 2.24) is 0 Å². The first-order chi connectivity index (χ1) is 57.5. The van der Waals surface area contributed by atoms with E-state index in [4.69, 9.17) is 4.42 Å². The van der Waals surface area contributed by atoms with Crippen LogP contribution in [0.1, 0.15) is 0 Å². The highest BCUT2D eigenvalue weighted by molar-refractivity contribution is 7.26. The van der Waals surface area contributed by atoms with Gasteiger partial charge in [-0.25, -0.2) is 0 Å². The van der Waals surface area contributed by atoms with Gasteiger partial charge in [-0.05, 0) is 251 Å². The largest absolute Gasteiger partial charge is 0.456 e. The Labute approximate surface area is 684 Å². The zero-order valence-electron chi connectivity index (χ0n) is 63.0. The average Bonchev–Trinajstić information content (AvgIpc) is 1.56. The van der Waals surface area contributed by atoms with E-state index in [-0.39, 0.29) is 0 Å². The summed E-state index contributed by atoms with van der Waals surface area (Å²) >= 11 is 5.57. The van der Waals surface area contributed by atoms with Crippen molar-refractivity contribution in [3.8, 4) is 44.5 Å². The number of thiophene rings is 3. The van der Waals surface area contributed by atoms with Gasteiger partial charge in [0.1, 0.15) is 11.2 Å². The molecule has 116 heavy (non-hydrogen) atoms. The third-order valence-electron chi connectivity index (χ3n) is 22.0. The first-order valence-corrected chi connectivity index (χ1v) is 41.6. The third kappa shape index (κ3) is 13.3. The van der Waals surface area contributed by atoms with Crippen LogP contribution in [0.3, 0.4) is 0 Å². The molecule has 5 nitrogen and oxygen atoms in total. The summed E-state index contributed by atoms with van der Waals surface area (Å²) in [4.78, 5) is 9.44. The summed E-state index contributed by atoms with van der Waals surface area (Å²) < 4.78 is 14.0. The minimum absolute atomic E-state index is 0.883. The minimum Gasteiger partial charge on any atom is -0.456 e. The highest BCUT2D eigenvalue weighted by Gasteiger charge is 2.23. The molecular formula is C108H72N4OS3. The van der Waals surface area contributed by atoms with E-state index in [9.17, 15) is 0 Å². The molecule has 0 atom stereocenters. The van der Waals surface area contributed by atoms with Gasteiger partial charge < -0.3 is 24.0 Å². The zero-order valence-corrected chi connectivity index (χ0v) is 65.4. The fourth-order valence-corrected chi connectivity index (χ4v) is 19.9. The second kappa shape index (κ2) is 30.3. The maximum absolute atomic E-state index is 6.25. The Morgan fingerprint density at radius 3 is 0.819 bits per heavy atom. The van der Waals surface area contributed by atoms with Crippen molar-refractivity contribution >= 4 is 185 Å². The number of hydrogen-bond donors (Lipinski definition) is 0. The molecule has 0 unspecified atom stereocenters. The Hall–Kier alpha value is -14.4. The van der Waals surface area contributed by atoms with Crippen LogP contribution in [-0.2, 0) is 0 Å². The predicted octanol–water partition coefficient (Wildman–Crippen LogP) is 32.9. The lowest BCUT2D eigenvalue weighted by Crippen LogP contribution is -2.10. The fourth-order valence-electron chi connectivity index (χ4n) is 16.5. The fraction of sp³-hybridized carbons (Fsp3) is 0. The van der Waals surface area contributed by atoms with E-state index in [1.165, 1.54) is 93.9 Å². The number of furan rings is 1. The quantitative estimate of drug-likeness (QED) is 0.0961. The van der Waals surface area contributed by atoms with Crippen molar-refractivity contribution in [2.45, 2.75) is 0 Å². The average molecular weight is 1540 g/mol. The summed E-state index contributed by atoms with van der Waals surface area (Å²) in [6.07, 6.45) is 0. The number of fused-ring (bicyclic) bond motifs is 12. The molecule has 0 aliphatic carbocycles. The predicted molar refractivity (Wildman–Crippen MR) is 499 cm³/mol. The molecule has 0 amide bonds. The first-order valence-electron chi connectivity index (χ1n) is 39.1. The third-order valence-corrected chi connectivity index (χ3v) is 25.4. The van der Waals surface area contributed by atoms with Crippen LogP contribution < -0.4 is 19.6 Å². The Morgan fingerprint density at radius 1 is 0.138 bits per heavy atom. The van der Waals surface area contributed by atoms with Gasteiger partial charge in [0.05, 0.1) is 0 Å². The van der Waals surface area contributed by atoms with Gasteiger partial charge >= 0.3 is 0 Å². The van der Waals surface area contributed by atoms with Gasteiger partial charge in [0.2, 0.25) is 0 Å². The van der Waals surface area contributed by atoms with E-state index in [1.54, 1.807) is 0 Å². The molecule has 4 aromatic heterocycles. The van der Waals surface area contributed by atoms with Crippen LogP contribution in [0.4, 0.5) is 68.2 Å². The standard InChI is InChI=1S/C54H36N2OS.C54H36N2S2/c1-5-15-37(16-6-1)39-31-40(33-46(32-39)56(43-21-11-4-12-22-43)44-26-29-52-49(35-44)47-23-13-14-24-51(47)57-52)38-25-28-48-50-36-45(27-30-53(50)58-54(48)34-38)55(41-17-7-2-8-18-41)42-19-9-3-10-20-42;1-5-15-37(16-6-1)39-31-40(33-46(32-39)55(41-17-7-2-8-18-41)42-19-9-3-10-20-42)38-25-28-48-50-36-45(27-30-53(50)58-54(48)34-38)56(43-21-11-4-12-22-43)44-26-29-52-49(35-44)47-23-13-14-24-51(47)57-52/h2*1-36H. The summed E-state index contributed by atoms with van der Waals surface area (Å²) in [7, 11) is 0. The monoisotopic (exact) mass is 1540 g/mol. The van der Waals surface area contributed by atoms with Crippen molar-refractivity contribution in [2.75, 3.05) is 19.6 Å². The number of rotatable bonds is 16. The Morgan fingerprint density at radius 2 is 0.414 bits per heavy atom. The molecule has 0 saturated heterocycles. The van der Waals surface area contributed by atoms with Gasteiger partial charge in [-0.15, -0.1) is 34.0 Å². The molecule has 0 spiro atoms. The number of para-hydroxylation sites is 7. The lowest BCUT2D eigenvalue weighted by Gasteiger charge is -2.27. The van der Waals surface area contributed by atoms with E-state index in [2.05, 4.69) is 444 Å². The van der Waals surface area contributed by atoms with E-state index in [0.717, 1.165) is 101 Å². The van der Waals surface area contributed by atoms with Crippen LogP contribution in [0.5, 0.6) is 0 Å². The molecule has 22 aromatic rings. The van der Waals surface area contributed by atoms with Gasteiger partial charge in [0.15, 0.2) is 0 Å². The Kier molecular flexibility index (Phi) is 18.2. The van der Waals surface area contributed by atoms with Crippen LogP contribution >= 0.6 is 34.0 Å². The molecular weight excluding hydrogens is 1470 g/mol. The normalized spacial score (nSPS) is 11.4. The highest BCUT2D eigenvalue weighted by atomic mass is 32.1. The van der Waals surface area contributed by atoms with Crippen molar-refractivity contribution < 1.29 is 4.42 Å². The molecule has 8 heteroatoms. The van der Waals surface area contributed by atoms with Gasteiger partial charge in [-0.2, -0.15) is 0 Å². The number of benzene rings is 18. The molecule has 18 aromatic carbocycles. The lowest BCUT2D eigenvalue weighted by molar-refractivity contribution is 0.669. The van der Waals surface area contributed by atoms with E-state index >= 15 is 0 Å². The van der Waals surface area contributed by atoms with Crippen LogP contribution in [0.25, 0.3) is 127 Å². The van der Waals surface area contributed by atoms with Crippen molar-refractivity contribution in [2.24, 2.45) is 0 Å². The number of anilines is 12. The number of nitrogens with zero attached hydrogens (tertiary/aromatic N) is 4. The van der Waals surface area contributed by atoms with E-state index in [1.807, 2.05) is 46.1 Å².